The number of esters is 1. The van der Waals surface area contributed by atoms with Crippen molar-refractivity contribution in [3.05, 3.63) is 50.3 Å². The summed E-state index contributed by atoms with van der Waals surface area (Å²) in [6.45, 7) is 2.36. The average Bonchev–Trinajstić information content (AvgIpc) is 2.97. The SMILES string of the molecule is CCCOC(=O)c1c(NC(=O)c2cccc(Br)c2)sc2c1CCCC2. The number of halogens is 1. The van der Waals surface area contributed by atoms with Gasteiger partial charge in [-0.15, -0.1) is 11.3 Å². The number of fused-ring (bicyclic) bond motifs is 1. The summed E-state index contributed by atoms with van der Waals surface area (Å²) in [5, 5.41) is 3.54. The van der Waals surface area contributed by atoms with Crippen LogP contribution in [0.15, 0.2) is 28.7 Å². The van der Waals surface area contributed by atoms with Gasteiger partial charge in [0.15, 0.2) is 0 Å². The summed E-state index contributed by atoms with van der Waals surface area (Å²) < 4.78 is 6.20. The lowest BCUT2D eigenvalue weighted by Gasteiger charge is -2.12. The van der Waals surface area contributed by atoms with Gasteiger partial charge in [0.2, 0.25) is 0 Å². The second kappa shape index (κ2) is 8.15. The van der Waals surface area contributed by atoms with Crippen molar-refractivity contribution < 1.29 is 14.3 Å². The highest BCUT2D eigenvalue weighted by molar-refractivity contribution is 9.10. The van der Waals surface area contributed by atoms with Crippen molar-refractivity contribution in [1.29, 1.82) is 0 Å². The molecular formula is C19H20BrNO3S. The lowest BCUT2D eigenvalue weighted by atomic mass is 9.95. The molecular weight excluding hydrogens is 402 g/mol. The minimum absolute atomic E-state index is 0.218. The zero-order valence-corrected chi connectivity index (χ0v) is 16.5. The fourth-order valence-electron chi connectivity index (χ4n) is 2.94. The molecule has 1 amide bonds. The van der Waals surface area contributed by atoms with Gasteiger partial charge in [0.25, 0.3) is 5.91 Å². The third-order valence-corrected chi connectivity index (χ3v) is 5.83. The molecule has 0 atom stereocenters. The first-order valence-corrected chi connectivity index (χ1v) is 10.1. The Morgan fingerprint density at radius 1 is 1.28 bits per heavy atom. The Balaban J connectivity index is 1.90. The molecule has 4 nitrogen and oxygen atoms in total. The predicted octanol–water partition coefficient (Wildman–Crippen LogP) is 5.21. The average molecular weight is 422 g/mol. The van der Waals surface area contributed by atoms with Crippen LogP contribution in [0, 0.1) is 0 Å². The molecule has 1 aromatic heterocycles. The second-order valence-corrected chi connectivity index (χ2v) is 8.04. The molecule has 2 aromatic rings. The van der Waals surface area contributed by atoms with E-state index in [9.17, 15) is 9.59 Å². The zero-order valence-electron chi connectivity index (χ0n) is 14.1. The number of benzene rings is 1. The molecule has 0 radical (unpaired) electrons. The molecule has 0 saturated carbocycles. The minimum atomic E-state index is -0.328. The van der Waals surface area contributed by atoms with Gasteiger partial charge in [-0.05, 0) is 55.9 Å². The van der Waals surface area contributed by atoms with E-state index in [1.807, 2.05) is 19.1 Å². The van der Waals surface area contributed by atoms with Crippen LogP contribution in [-0.2, 0) is 17.6 Å². The van der Waals surface area contributed by atoms with Crippen molar-refractivity contribution >= 4 is 44.1 Å². The molecule has 0 spiro atoms. The van der Waals surface area contributed by atoms with Gasteiger partial charge in [-0.25, -0.2) is 4.79 Å². The zero-order chi connectivity index (χ0) is 17.8. The maximum absolute atomic E-state index is 12.6. The number of amides is 1. The third-order valence-electron chi connectivity index (χ3n) is 4.13. The van der Waals surface area contributed by atoms with Crippen LogP contribution in [0.3, 0.4) is 0 Å². The van der Waals surface area contributed by atoms with Gasteiger partial charge in [0.1, 0.15) is 5.00 Å². The van der Waals surface area contributed by atoms with Crippen LogP contribution >= 0.6 is 27.3 Å². The van der Waals surface area contributed by atoms with E-state index in [0.717, 1.165) is 42.1 Å². The largest absolute Gasteiger partial charge is 0.462 e. The number of anilines is 1. The second-order valence-electron chi connectivity index (χ2n) is 6.02. The maximum atomic E-state index is 12.6. The number of carbonyl (C=O) groups is 2. The molecule has 0 saturated heterocycles. The lowest BCUT2D eigenvalue weighted by molar-refractivity contribution is 0.0505. The maximum Gasteiger partial charge on any atom is 0.341 e. The Hall–Kier alpha value is -1.66. The van der Waals surface area contributed by atoms with Crippen molar-refractivity contribution in [3.63, 3.8) is 0 Å². The van der Waals surface area contributed by atoms with E-state index in [0.29, 0.717) is 22.7 Å². The fourth-order valence-corrected chi connectivity index (χ4v) is 4.61. The van der Waals surface area contributed by atoms with E-state index in [-0.39, 0.29) is 11.9 Å². The van der Waals surface area contributed by atoms with Crippen molar-refractivity contribution in [3.8, 4) is 0 Å². The highest BCUT2D eigenvalue weighted by atomic mass is 79.9. The van der Waals surface area contributed by atoms with Crippen LogP contribution in [0.1, 0.15) is 57.3 Å². The summed E-state index contributed by atoms with van der Waals surface area (Å²) in [5.74, 6) is -0.546. The molecule has 1 heterocycles. The summed E-state index contributed by atoms with van der Waals surface area (Å²) in [4.78, 5) is 26.3. The van der Waals surface area contributed by atoms with Gasteiger partial charge in [-0.3, -0.25) is 4.79 Å². The molecule has 0 bridgehead atoms. The van der Waals surface area contributed by atoms with Gasteiger partial charge >= 0.3 is 5.97 Å². The number of ether oxygens (including phenoxy) is 1. The molecule has 1 aliphatic carbocycles. The fraction of sp³-hybridized carbons (Fsp3) is 0.368. The molecule has 6 heteroatoms. The Bertz CT molecular complexity index is 800. The first kappa shape index (κ1) is 18.1. The number of hydrogen-bond donors (Lipinski definition) is 1. The Labute approximate surface area is 159 Å². The van der Waals surface area contributed by atoms with Crippen LogP contribution in [0.5, 0.6) is 0 Å². The smallest absolute Gasteiger partial charge is 0.341 e. The summed E-state index contributed by atoms with van der Waals surface area (Å²) in [7, 11) is 0. The van der Waals surface area contributed by atoms with Crippen LogP contribution < -0.4 is 5.32 Å². The molecule has 0 aliphatic heterocycles. The Morgan fingerprint density at radius 2 is 2.08 bits per heavy atom. The predicted molar refractivity (Wildman–Crippen MR) is 104 cm³/mol. The molecule has 25 heavy (non-hydrogen) atoms. The Morgan fingerprint density at radius 3 is 2.84 bits per heavy atom. The number of thiophene rings is 1. The monoisotopic (exact) mass is 421 g/mol. The highest BCUT2D eigenvalue weighted by Crippen LogP contribution is 2.38. The number of aryl methyl sites for hydroxylation is 1. The number of rotatable bonds is 5. The summed E-state index contributed by atoms with van der Waals surface area (Å²) in [6.07, 6.45) is 4.79. The summed E-state index contributed by atoms with van der Waals surface area (Å²) in [6, 6.07) is 7.20. The van der Waals surface area contributed by atoms with Crippen LogP contribution in [0.25, 0.3) is 0 Å². The molecule has 1 aliphatic rings. The Kier molecular flexibility index (Phi) is 5.91. The van der Waals surface area contributed by atoms with Crippen molar-refractivity contribution in [2.45, 2.75) is 39.0 Å². The van der Waals surface area contributed by atoms with Gasteiger partial charge in [0, 0.05) is 14.9 Å². The first-order valence-electron chi connectivity index (χ1n) is 8.48. The van der Waals surface area contributed by atoms with Gasteiger partial charge in [-0.2, -0.15) is 0 Å². The van der Waals surface area contributed by atoms with Gasteiger partial charge in [-0.1, -0.05) is 28.9 Å². The van der Waals surface area contributed by atoms with Crippen LogP contribution in [0.2, 0.25) is 0 Å². The molecule has 1 N–H and O–H groups in total. The number of nitrogens with one attached hydrogen (secondary N) is 1. The van der Waals surface area contributed by atoms with Gasteiger partial charge in [0.05, 0.1) is 12.2 Å². The van der Waals surface area contributed by atoms with Crippen molar-refractivity contribution in [1.82, 2.24) is 0 Å². The molecule has 1 aromatic carbocycles. The first-order chi connectivity index (χ1) is 12.1. The quantitative estimate of drug-likeness (QED) is 0.674. The van der Waals surface area contributed by atoms with E-state index >= 15 is 0 Å². The van der Waals surface area contributed by atoms with E-state index < -0.39 is 0 Å². The van der Waals surface area contributed by atoms with Crippen molar-refractivity contribution in [2.75, 3.05) is 11.9 Å². The normalized spacial score (nSPS) is 13.2. The van der Waals surface area contributed by atoms with E-state index in [1.54, 1.807) is 12.1 Å². The molecule has 3 rings (SSSR count). The lowest BCUT2D eigenvalue weighted by Crippen LogP contribution is -2.16. The van der Waals surface area contributed by atoms with Gasteiger partial charge < -0.3 is 10.1 Å². The molecule has 132 valence electrons. The van der Waals surface area contributed by atoms with Crippen molar-refractivity contribution in [2.24, 2.45) is 0 Å². The van der Waals surface area contributed by atoms with E-state index in [4.69, 9.17) is 4.74 Å². The third kappa shape index (κ3) is 4.12. The topological polar surface area (TPSA) is 55.4 Å². The molecule has 0 unspecified atom stereocenters. The molecule has 0 fully saturated rings. The summed E-state index contributed by atoms with van der Waals surface area (Å²) >= 11 is 4.88. The van der Waals surface area contributed by atoms with E-state index in [2.05, 4.69) is 21.2 Å². The minimum Gasteiger partial charge on any atom is -0.462 e. The van der Waals surface area contributed by atoms with Crippen LogP contribution in [0.4, 0.5) is 5.00 Å². The van der Waals surface area contributed by atoms with Crippen LogP contribution in [-0.4, -0.2) is 18.5 Å². The van der Waals surface area contributed by atoms with E-state index in [1.165, 1.54) is 16.2 Å². The summed E-state index contributed by atoms with van der Waals surface area (Å²) in [5.41, 5.74) is 2.16. The standard InChI is InChI=1S/C19H20BrNO3S/c1-2-10-24-19(23)16-14-8-3-4-9-15(14)25-18(16)21-17(22)12-6-5-7-13(20)11-12/h5-7,11H,2-4,8-10H2,1H3,(H,21,22). The highest BCUT2D eigenvalue weighted by Gasteiger charge is 2.27. The number of hydrogen-bond acceptors (Lipinski definition) is 4. The number of carbonyl (C=O) groups excluding carboxylic acids is 2.